The van der Waals surface area contributed by atoms with Crippen LogP contribution in [0.2, 0.25) is 0 Å². The van der Waals surface area contributed by atoms with E-state index in [4.69, 9.17) is 0 Å². The van der Waals surface area contributed by atoms with Gasteiger partial charge >= 0.3 is 0 Å². The predicted molar refractivity (Wildman–Crippen MR) is 98.4 cm³/mol. The number of rotatable bonds is 2. The summed E-state index contributed by atoms with van der Waals surface area (Å²) in [6.45, 7) is 2.00. The minimum absolute atomic E-state index is 0.00967. The average Bonchev–Trinajstić information content (AvgIpc) is 2.99. The zero-order valence-electron chi connectivity index (χ0n) is 15.0. The molecule has 2 aromatic rings. The first-order chi connectivity index (χ1) is 13.1. The van der Waals surface area contributed by atoms with Gasteiger partial charge in [-0.2, -0.15) is 0 Å². The van der Waals surface area contributed by atoms with Crippen LogP contribution in [0.5, 0.6) is 0 Å². The number of aryl methyl sites for hydroxylation is 1. The first kappa shape index (κ1) is 15.6. The summed E-state index contributed by atoms with van der Waals surface area (Å²) in [6.07, 6.45) is 1.00. The quantitative estimate of drug-likeness (QED) is 0.761. The SMILES string of the molecule is Cc1ccc(N2C(=O)[C@@H]3[C@H]4C[C@@H]([C@@H]3C2=O)[C@@H]2C(c3ccc(F)cc3)[C@H]42)cc1. The molecule has 2 aromatic carbocycles. The van der Waals surface area contributed by atoms with Crippen molar-refractivity contribution in [2.45, 2.75) is 19.3 Å². The van der Waals surface area contributed by atoms with Crippen molar-refractivity contribution in [2.24, 2.45) is 35.5 Å². The Morgan fingerprint density at radius 2 is 1.37 bits per heavy atom. The maximum atomic E-state index is 13.3. The van der Waals surface area contributed by atoms with Crippen molar-refractivity contribution in [3.63, 3.8) is 0 Å². The molecule has 0 aromatic heterocycles. The Hall–Kier alpha value is -2.49. The standard InChI is InChI=1S/C23H20FNO2/c1-11-2-8-14(9-3-11)25-22(26)20-15-10-16(21(20)23(25)27)19-17(18(15)19)12-4-6-13(24)7-5-12/h2-9,15-21H,10H2,1H3/t15-,16+,17?,18-,19+,20+,21-. The predicted octanol–water partition coefficient (Wildman–Crippen LogP) is 3.92. The van der Waals surface area contributed by atoms with Crippen molar-refractivity contribution in [2.75, 3.05) is 4.90 Å². The van der Waals surface area contributed by atoms with E-state index in [9.17, 15) is 14.0 Å². The van der Waals surface area contributed by atoms with Gasteiger partial charge in [-0.05, 0) is 72.8 Å². The molecule has 1 unspecified atom stereocenters. The molecule has 4 aliphatic rings. The van der Waals surface area contributed by atoms with Crippen LogP contribution >= 0.6 is 0 Å². The van der Waals surface area contributed by atoms with Gasteiger partial charge in [0.2, 0.25) is 11.8 Å². The molecule has 2 bridgehead atoms. The molecule has 1 heterocycles. The summed E-state index contributed by atoms with van der Waals surface area (Å²) >= 11 is 0. The molecule has 7 atom stereocenters. The number of hydrogen-bond acceptors (Lipinski definition) is 2. The summed E-state index contributed by atoms with van der Waals surface area (Å²) in [7, 11) is 0. The molecule has 2 amide bonds. The summed E-state index contributed by atoms with van der Waals surface area (Å²) in [6, 6.07) is 14.4. The van der Waals surface area contributed by atoms with E-state index in [1.165, 1.54) is 17.0 Å². The summed E-state index contributed by atoms with van der Waals surface area (Å²) in [5.74, 6) is 1.41. The van der Waals surface area contributed by atoms with Gasteiger partial charge in [-0.15, -0.1) is 0 Å². The first-order valence-electron chi connectivity index (χ1n) is 9.76. The molecule has 0 radical (unpaired) electrons. The molecule has 0 N–H and O–H groups in total. The fraction of sp³-hybridized carbons (Fsp3) is 0.391. The van der Waals surface area contributed by atoms with Crippen LogP contribution in [0.4, 0.5) is 10.1 Å². The van der Waals surface area contributed by atoms with Crippen LogP contribution in [-0.4, -0.2) is 11.8 Å². The Balaban J connectivity index is 1.31. The van der Waals surface area contributed by atoms with E-state index in [1.54, 1.807) is 0 Å². The van der Waals surface area contributed by atoms with E-state index >= 15 is 0 Å². The van der Waals surface area contributed by atoms with Crippen molar-refractivity contribution >= 4 is 17.5 Å². The molecule has 3 aliphatic carbocycles. The lowest BCUT2D eigenvalue weighted by Gasteiger charge is -2.19. The van der Waals surface area contributed by atoms with Crippen LogP contribution in [0.25, 0.3) is 0 Å². The van der Waals surface area contributed by atoms with Gasteiger partial charge in [0.05, 0.1) is 17.5 Å². The lowest BCUT2D eigenvalue weighted by molar-refractivity contribution is -0.123. The zero-order valence-corrected chi connectivity index (χ0v) is 15.0. The van der Waals surface area contributed by atoms with Crippen LogP contribution in [0.15, 0.2) is 48.5 Å². The molecule has 3 saturated carbocycles. The van der Waals surface area contributed by atoms with Gasteiger partial charge in [0, 0.05) is 0 Å². The zero-order chi connectivity index (χ0) is 18.4. The fourth-order valence-electron chi connectivity index (χ4n) is 6.55. The molecule has 136 valence electrons. The lowest BCUT2D eigenvalue weighted by atomic mass is 9.81. The molecule has 1 aliphatic heterocycles. The third kappa shape index (κ3) is 1.91. The highest BCUT2D eigenvalue weighted by atomic mass is 19.1. The number of amides is 2. The van der Waals surface area contributed by atoms with Crippen LogP contribution in [0.3, 0.4) is 0 Å². The smallest absolute Gasteiger partial charge is 0.237 e. The Bertz CT molecular complexity index is 933. The number of imide groups is 1. The molecule has 4 heteroatoms. The number of carbonyl (C=O) groups excluding carboxylic acids is 2. The summed E-state index contributed by atoms with van der Waals surface area (Å²) < 4.78 is 13.3. The number of benzene rings is 2. The molecule has 0 spiro atoms. The normalized spacial score (nSPS) is 38.3. The summed E-state index contributed by atoms with van der Waals surface area (Å²) in [5, 5.41) is 0. The number of nitrogens with zero attached hydrogens (tertiary/aromatic N) is 1. The van der Waals surface area contributed by atoms with Crippen LogP contribution in [0.1, 0.15) is 23.5 Å². The van der Waals surface area contributed by atoms with Crippen molar-refractivity contribution in [3.8, 4) is 0 Å². The minimum atomic E-state index is -0.219. The number of hydrogen-bond donors (Lipinski definition) is 0. The topological polar surface area (TPSA) is 37.4 Å². The third-order valence-electron chi connectivity index (χ3n) is 7.53. The Morgan fingerprint density at radius 3 is 1.93 bits per heavy atom. The van der Waals surface area contributed by atoms with E-state index < -0.39 is 0 Å². The first-order valence-corrected chi connectivity index (χ1v) is 9.76. The highest BCUT2D eigenvalue weighted by Gasteiger charge is 2.76. The molecule has 4 fully saturated rings. The lowest BCUT2D eigenvalue weighted by Crippen LogP contribution is -2.33. The number of fused-ring (bicyclic) bond motifs is 8. The van der Waals surface area contributed by atoms with Crippen molar-refractivity contribution in [1.29, 1.82) is 0 Å². The Morgan fingerprint density at radius 1 is 0.815 bits per heavy atom. The van der Waals surface area contributed by atoms with Crippen LogP contribution < -0.4 is 4.90 Å². The van der Waals surface area contributed by atoms with Crippen LogP contribution in [0, 0.1) is 48.2 Å². The van der Waals surface area contributed by atoms with Gasteiger partial charge < -0.3 is 0 Å². The third-order valence-corrected chi connectivity index (χ3v) is 7.53. The van der Waals surface area contributed by atoms with Crippen LogP contribution in [-0.2, 0) is 9.59 Å². The van der Waals surface area contributed by atoms with Crippen molar-refractivity contribution < 1.29 is 14.0 Å². The van der Waals surface area contributed by atoms with E-state index in [0.29, 0.717) is 35.3 Å². The average molecular weight is 361 g/mol. The fourth-order valence-corrected chi connectivity index (χ4v) is 6.55. The minimum Gasteiger partial charge on any atom is -0.274 e. The van der Waals surface area contributed by atoms with Gasteiger partial charge in [-0.25, -0.2) is 4.39 Å². The molecular formula is C23H20FNO2. The summed E-state index contributed by atoms with van der Waals surface area (Å²) in [5.41, 5.74) is 2.98. The largest absolute Gasteiger partial charge is 0.274 e. The van der Waals surface area contributed by atoms with Gasteiger partial charge in [-0.1, -0.05) is 29.8 Å². The van der Waals surface area contributed by atoms with Gasteiger partial charge in [0.25, 0.3) is 0 Å². The van der Waals surface area contributed by atoms with Gasteiger partial charge in [0.1, 0.15) is 5.82 Å². The maximum Gasteiger partial charge on any atom is 0.237 e. The Kier molecular flexibility index (Phi) is 2.92. The second-order valence-corrected chi connectivity index (χ2v) is 8.69. The molecule has 3 nitrogen and oxygen atoms in total. The van der Waals surface area contributed by atoms with E-state index in [2.05, 4.69) is 0 Å². The van der Waals surface area contributed by atoms with Crippen molar-refractivity contribution in [3.05, 3.63) is 65.5 Å². The van der Waals surface area contributed by atoms with E-state index in [0.717, 1.165) is 17.5 Å². The van der Waals surface area contributed by atoms with E-state index in [-0.39, 0.29) is 29.5 Å². The maximum absolute atomic E-state index is 13.3. The second-order valence-electron chi connectivity index (χ2n) is 8.69. The number of halogens is 1. The highest BCUT2D eigenvalue weighted by molar-refractivity contribution is 6.22. The molecule has 27 heavy (non-hydrogen) atoms. The molecule has 6 rings (SSSR count). The number of anilines is 1. The summed E-state index contributed by atoms with van der Waals surface area (Å²) in [4.78, 5) is 27.8. The van der Waals surface area contributed by atoms with Gasteiger partial charge in [-0.3, -0.25) is 14.5 Å². The van der Waals surface area contributed by atoms with Crippen molar-refractivity contribution in [1.82, 2.24) is 0 Å². The second kappa shape index (κ2) is 5.06. The monoisotopic (exact) mass is 361 g/mol. The molecular weight excluding hydrogens is 341 g/mol. The Labute approximate surface area is 157 Å². The van der Waals surface area contributed by atoms with Gasteiger partial charge in [0.15, 0.2) is 0 Å². The number of carbonyl (C=O) groups is 2. The highest BCUT2D eigenvalue weighted by Crippen LogP contribution is 2.77. The molecule has 1 saturated heterocycles. The van der Waals surface area contributed by atoms with E-state index in [1.807, 2.05) is 43.3 Å².